The summed E-state index contributed by atoms with van der Waals surface area (Å²) in [7, 11) is 0. The van der Waals surface area contributed by atoms with Gasteiger partial charge in [-0.25, -0.2) is 0 Å². The SMILES string of the molecule is CCCN1c2ccc(/C=C3/SC(=O)N(CC(=O)Nc4ccccc4)C3=O)cc2C(C)=CC1(C)C. The Kier molecular flexibility index (Phi) is 6.66. The van der Waals surface area contributed by atoms with Gasteiger partial charge < -0.3 is 10.2 Å². The molecule has 2 aromatic carbocycles. The number of amides is 3. The average molecular weight is 476 g/mol. The number of anilines is 2. The lowest BCUT2D eigenvalue weighted by molar-refractivity contribution is -0.127. The summed E-state index contributed by atoms with van der Waals surface area (Å²) in [5, 5.41) is 2.27. The van der Waals surface area contributed by atoms with Crippen LogP contribution in [0.2, 0.25) is 0 Å². The molecule has 0 spiro atoms. The third-order valence-corrected chi connectivity index (χ3v) is 6.89. The van der Waals surface area contributed by atoms with Gasteiger partial charge in [-0.2, -0.15) is 0 Å². The number of para-hydroxylation sites is 1. The van der Waals surface area contributed by atoms with Gasteiger partial charge in [0.2, 0.25) is 5.91 Å². The smallest absolute Gasteiger partial charge is 0.294 e. The molecule has 6 nitrogen and oxygen atoms in total. The largest absolute Gasteiger partial charge is 0.362 e. The van der Waals surface area contributed by atoms with Crippen LogP contribution >= 0.6 is 11.8 Å². The van der Waals surface area contributed by atoms with Gasteiger partial charge in [-0.05, 0) is 80.4 Å². The Hall–Kier alpha value is -3.32. The Morgan fingerprint density at radius 2 is 1.85 bits per heavy atom. The molecule has 1 fully saturated rings. The molecule has 2 aliphatic rings. The highest BCUT2D eigenvalue weighted by Gasteiger charge is 2.36. The van der Waals surface area contributed by atoms with Gasteiger partial charge in [-0.3, -0.25) is 19.3 Å². The highest BCUT2D eigenvalue weighted by atomic mass is 32.2. The Labute approximate surface area is 204 Å². The van der Waals surface area contributed by atoms with E-state index in [0.717, 1.165) is 40.8 Å². The molecule has 0 unspecified atom stereocenters. The Morgan fingerprint density at radius 3 is 2.56 bits per heavy atom. The van der Waals surface area contributed by atoms with Crippen molar-refractivity contribution >= 4 is 51.8 Å². The molecule has 0 radical (unpaired) electrons. The van der Waals surface area contributed by atoms with Gasteiger partial charge >= 0.3 is 0 Å². The van der Waals surface area contributed by atoms with Gasteiger partial charge in [0.25, 0.3) is 11.1 Å². The number of carbonyl (C=O) groups is 3. The topological polar surface area (TPSA) is 69.7 Å². The van der Waals surface area contributed by atoms with Crippen molar-refractivity contribution in [1.29, 1.82) is 0 Å². The number of allylic oxidation sites excluding steroid dienone is 1. The minimum absolute atomic E-state index is 0.0718. The fourth-order valence-electron chi connectivity index (χ4n) is 4.48. The quantitative estimate of drug-likeness (QED) is 0.537. The monoisotopic (exact) mass is 475 g/mol. The fraction of sp³-hybridized carbons (Fsp3) is 0.296. The van der Waals surface area contributed by atoms with Crippen LogP contribution in [0.4, 0.5) is 16.2 Å². The number of benzene rings is 2. The van der Waals surface area contributed by atoms with Crippen LogP contribution in [-0.4, -0.2) is 40.6 Å². The maximum absolute atomic E-state index is 12.9. The number of nitrogens with one attached hydrogen (secondary N) is 1. The van der Waals surface area contributed by atoms with Crippen LogP contribution in [-0.2, 0) is 9.59 Å². The van der Waals surface area contributed by atoms with Crippen molar-refractivity contribution in [2.45, 2.75) is 39.7 Å². The molecule has 34 heavy (non-hydrogen) atoms. The highest BCUT2D eigenvalue weighted by molar-refractivity contribution is 8.18. The number of nitrogens with zero attached hydrogens (tertiary/aromatic N) is 2. The fourth-order valence-corrected chi connectivity index (χ4v) is 5.31. The summed E-state index contributed by atoms with van der Waals surface area (Å²) in [5.41, 5.74) is 4.89. The van der Waals surface area contributed by atoms with Crippen LogP contribution < -0.4 is 10.2 Å². The second kappa shape index (κ2) is 9.50. The lowest BCUT2D eigenvalue weighted by Crippen LogP contribution is -2.45. The Morgan fingerprint density at radius 1 is 1.12 bits per heavy atom. The molecule has 2 heterocycles. The first kappa shape index (κ1) is 23.8. The molecule has 1 saturated heterocycles. The minimum Gasteiger partial charge on any atom is -0.362 e. The average Bonchev–Trinajstić information content (AvgIpc) is 3.04. The van der Waals surface area contributed by atoms with E-state index in [1.165, 1.54) is 11.3 Å². The summed E-state index contributed by atoms with van der Waals surface area (Å²) in [6.07, 6.45) is 5.05. The van der Waals surface area contributed by atoms with Crippen LogP contribution in [0, 0.1) is 0 Å². The summed E-state index contributed by atoms with van der Waals surface area (Å²) >= 11 is 0.865. The molecule has 0 bridgehead atoms. The van der Waals surface area contributed by atoms with E-state index < -0.39 is 17.1 Å². The summed E-state index contributed by atoms with van der Waals surface area (Å²) in [4.78, 5) is 41.4. The number of imide groups is 1. The predicted octanol–water partition coefficient (Wildman–Crippen LogP) is 5.77. The third kappa shape index (κ3) is 4.80. The number of rotatable bonds is 6. The zero-order chi connectivity index (χ0) is 24.5. The van der Waals surface area contributed by atoms with Crippen molar-refractivity contribution in [3.05, 3.63) is 70.6 Å². The first-order valence-corrected chi connectivity index (χ1v) is 12.2. The normalized spacial score (nSPS) is 18.2. The Balaban J connectivity index is 1.53. The van der Waals surface area contributed by atoms with E-state index in [1.807, 2.05) is 12.1 Å². The molecule has 4 rings (SSSR count). The van der Waals surface area contributed by atoms with E-state index in [4.69, 9.17) is 0 Å². The van der Waals surface area contributed by atoms with E-state index in [2.05, 4.69) is 56.1 Å². The third-order valence-electron chi connectivity index (χ3n) is 5.98. The zero-order valence-corrected chi connectivity index (χ0v) is 20.7. The predicted molar refractivity (Wildman–Crippen MR) is 140 cm³/mol. The van der Waals surface area contributed by atoms with Gasteiger partial charge in [0.1, 0.15) is 6.54 Å². The molecular weight excluding hydrogens is 446 g/mol. The number of fused-ring (bicyclic) bond motifs is 1. The molecule has 1 N–H and O–H groups in total. The Bertz CT molecular complexity index is 1200. The standard InChI is InChI=1S/C27H29N3O3S/c1-5-13-30-22-12-11-19(14-21(22)18(2)16-27(30,3)4)15-23-25(32)29(26(33)34-23)17-24(31)28-20-9-7-6-8-10-20/h6-12,14-16H,5,13,17H2,1-4H3,(H,28,31)/b23-15+. The highest BCUT2D eigenvalue weighted by Crippen LogP contribution is 2.40. The van der Waals surface area contributed by atoms with Crippen molar-refractivity contribution < 1.29 is 14.4 Å². The lowest BCUT2D eigenvalue weighted by Gasteiger charge is -2.43. The molecule has 0 aliphatic carbocycles. The van der Waals surface area contributed by atoms with Crippen molar-refractivity contribution in [2.75, 3.05) is 23.3 Å². The first-order valence-electron chi connectivity index (χ1n) is 11.4. The van der Waals surface area contributed by atoms with Crippen molar-refractivity contribution in [3.63, 3.8) is 0 Å². The van der Waals surface area contributed by atoms with Crippen LogP contribution in [0.1, 0.15) is 45.2 Å². The van der Waals surface area contributed by atoms with Crippen LogP contribution in [0.3, 0.4) is 0 Å². The molecule has 0 saturated carbocycles. The number of thioether (sulfide) groups is 1. The number of carbonyl (C=O) groups excluding carboxylic acids is 3. The molecule has 176 valence electrons. The van der Waals surface area contributed by atoms with Crippen molar-refractivity contribution in [2.24, 2.45) is 0 Å². The van der Waals surface area contributed by atoms with Gasteiger partial charge in [-0.1, -0.05) is 37.3 Å². The van der Waals surface area contributed by atoms with Gasteiger partial charge in [-0.15, -0.1) is 0 Å². The van der Waals surface area contributed by atoms with Crippen LogP contribution in [0.15, 0.2) is 59.5 Å². The van der Waals surface area contributed by atoms with Gasteiger partial charge in [0.15, 0.2) is 0 Å². The van der Waals surface area contributed by atoms with E-state index in [-0.39, 0.29) is 12.1 Å². The summed E-state index contributed by atoms with van der Waals surface area (Å²) in [6, 6.07) is 15.1. The van der Waals surface area contributed by atoms with Gasteiger partial charge in [0, 0.05) is 23.5 Å². The lowest BCUT2D eigenvalue weighted by atomic mass is 9.88. The molecule has 2 aromatic rings. The molecule has 0 aromatic heterocycles. The second-order valence-corrected chi connectivity index (χ2v) is 10.1. The molecular formula is C27H29N3O3S. The molecule has 0 atom stereocenters. The van der Waals surface area contributed by atoms with Gasteiger partial charge in [0.05, 0.1) is 10.4 Å². The number of hydrogen-bond donors (Lipinski definition) is 1. The summed E-state index contributed by atoms with van der Waals surface area (Å²) in [5.74, 6) is -0.861. The molecule has 3 amide bonds. The van der Waals surface area contributed by atoms with Crippen LogP contribution in [0.25, 0.3) is 11.6 Å². The first-order chi connectivity index (χ1) is 16.2. The second-order valence-electron chi connectivity index (χ2n) is 9.09. The van der Waals surface area contributed by atoms with Crippen molar-refractivity contribution in [1.82, 2.24) is 4.90 Å². The minimum atomic E-state index is -0.447. The maximum Gasteiger partial charge on any atom is 0.294 e. The molecule has 2 aliphatic heterocycles. The molecule has 7 heteroatoms. The van der Waals surface area contributed by atoms with E-state index in [0.29, 0.717) is 10.6 Å². The van der Waals surface area contributed by atoms with Crippen LogP contribution in [0.5, 0.6) is 0 Å². The summed E-state index contributed by atoms with van der Waals surface area (Å²) < 4.78 is 0. The zero-order valence-electron chi connectivity index (χ0n) is 19.9. The maximum atomic E-state index is 12.9. The van der Waals surface area contributed by atoms with Crippen molar-refractivity contribution in [3.8, 4) is 0 Å². The van der Waals surface area contributed by atoms with E-state index in [1.54, 1.807) is 30.3 Å². The summed E-state index contributed by atoms with van der Waals surface area (Å²) in [6.45, 7) is 9.34. The number of hydrogen-bond acceptors (Lipinski definition) is 5. The van der Waals surface area contributed by atoms with E-state index in [9.17, 15) is 14.4 Å². The van der Waals surface area contributed by atoms with E-state index >= 15 is 0 Å².